The van der Waals surface area contributed by atoms with Crippen LogP contribution in [0.1, 0.15) is 49.1 Å². The standard InChI is InChI=1S/C15H25NO/c1-10-7-11(2)14(12(3)8-10)13(16)9-17-15(4,5)6/h7-8,13H,9,16H2,1-6H3. The lowest BCUT2D eigenvalue weighted by Gasteiger charge is -2.24. The summed E-state index contributed by atoms with van der Waals surface area (Å²) in [5.74, 6) is 0. The highest BCUT2D eigenvalue weighted by molar-refractivity contribution is 5.39. The van der Waals surface area contributed by atoms with Crippen molar-refractivity contribution in [3.8, 4) is 0 Å². The highest BCUT2D eigenvalue weighted by Crippen LogP contribution is 2.23. The Kier molecular flexibility index (Phi) is 4.34. The van der Waals surface area contributed by atoms with Crippen molar-refractivity contribution < 1.29 is 4.74 Å². The molecule has 1 aromatic rings. The summed E-state index contributed by atoms with van der Waals surface area (Å²) in [5, 5.41) is 0. The quantitative estimate of drug-likeness (QED) is 0.871. The summed E-state index contributed by atoms with van der Waals surface area (Å²) < 4.78 is 5.76. The Labute approximate surface area is 105 Å². The highest BCUT2D eigenvalue weighted by Gasteiger charge is 2.17. The van der Waals surface area contributed by atoms with Crippen LogP contribution >= 0.6 is 0 Å². The average molecular weight is 235 g/mol. The summed E-state index contributed by atoms with van der Waals surface area (Å²) in [5.41, 5.74) is 11.1. The summed E-state index contributed by atoms with van der Waals surface area (Å²) in [6.45, 7) is 13.1. The van der Waals surface area contributed by atoms with Crippen molar-refractivity contribution in [1.29, 1.82) is 0 Å². The molecule has 96 valence electrons. The Balaban J connectivity index is 2.86. The Morgan fingerprint density at radius 3 is 2.00 bits per heavy atom. The second-order valence-electron chi connectivity index (χ2n) is 5.84. The molecule has 0 spiro atoms. The molecule has 1 rings (SSSR count). The first-order valence-corrected chi connectivity index (χ1v) is 6.18. The second-order valence-corrected chi connectivity index (χ2v) is 5.84. The van der Waals surface area contributed by atoms with E-state index in [1.165, 1.54) is 22.3 Å². The number of hydrogen-bond acceptors (Lipinski definition) is 2. The third-order valence-electron chi connectivity index (χ3n) is 2.80. The van der Waals surface area contributed by atoms with Crippen LogP contribution < -0.4 is 5.73 Å². The topological polar surface area (TPSA) is 35.2 Å². The van der Waals surface area contributed by atoms with Crippen LogP contribution in [0, 0.1) is 20.8 Å². The van der Waals surface area contributed by atoms with Gasteiger partial charge in [0.1, 0.15) is 0 Å². The lowest BCUT2D eigenvalue weighted by molar-refractivity contribution is -0.0103. The minimum Gasteiger partial charge on any atom is -0.374 e. The van der Waals surface area contributed by atoms with E-state index in [1.807, 2.05) is 0 Å². The smallest absolute Gasteiger partial charge is 0.0666 e. The number of rotatable bonds is 3. The highest BCUT2D eigenvalue weighted by atomic mass is 16.5. The van der Waals surface area contributed by atoms with E-state index in [0.717, 1.165) is 0 Å². The van der Waals surface area contributed by atoms with Crippen LogP contribution in [0.5, 0.6) is 0 Å². The van der Waals surface area contributed by atoms with Crippen molar-refractivity contribution in [2.45, 2.75) is 53.2 Å². The summed E-state index contributed by atoms with van der Waals surface area (Å²) in [7, 11) is 0. The molecule has 0 fully saturated rings. The molecule has 1 unspecified atom stereocenters. The van der Waals surface area contributed by atoms with E-state index in [-0.39, 0.29) is 11.6 Å². The Morgan fingerprint density at radius 2 is 1.59 bits per heavy atom. The van der Waals surface area contributed by atoms with Gasteiger partial charge in [-0.3, -0.25) is 0 Å². The molecule has 0 amide bonds. The first-order valence-electron chi connectivity index (χ1n) is 6.18. The van der Waals surface area contributed by atoms with Crippen molar-refractivity contribution in [3.63, 3.8) is 0 Å². The first-order chi connectivity index (χ1) is 7.70. The number of nitrogens with two attached hydrogens (primary N) is 1. The van der Waals surface area contributed by atoms with Crippen LogP contribution in [0.25, 0.3) is 0 Å². The van der Waals surface area contributed by atoms with E-state index in [1.54, 1.807) is 0 Å². The average Bonchev–Trinajstić information content (AvgIpc) is 2.11. The van der Waals surface area contributed by atoms with E-state index in [2.05, 4.69) is 53.7 Å². The van der Waals surface area contributed by atoms with Crippen molar-refractivity contribution in [2.75, 3.05) is 6.61 Å². The van der Waals surface area contributed by atoms with E-state index >= 15 is 0 Å². The molecule has 1 atom stereocenters. The van der Waals surface area contributed by atoms with Crippen LogP contribution in [0.4, 0.5) is 0 Å². The Bertz CT molecular complexity index is 367. The van der Waals surface area contributed by atoms with Gasteiger partial charge in [0, 0.05) is 0 Å². The number of benzene rings is 1. The van der Waals surface area contributed by atoms with Crippen molar-refractivity contribution in [1.82, 2.24) is 0 Å². The number of ether oxygens (including phenoxy) is 1. The molecule has 0 bridgehead atoms. The third kappa shape index (κ3) is 4.14. The molecule has 2 N–H and O–H groups in total. The summed E-state index contributed by atoms with van der Waals surface area (Å²) in [6.07, 6.45) is 0. The Morgan fingerprint density at radius 1 is 1.12 bits per heavy atom. The number of hydrogen-bond donors (Lipinski definition) is 1. The molecule has 0 saturated heterocycles. The molecule has 2 nitrogen and oxygen atoms in total. The summed E-state index contributed by atoms with van der Waals surface area (Å²) >= 11 is 0. The van der Waals surface area contributed by atoms with Crippen LogP contribution in [-0.2, 0) is 4.74 Å². The molecule has 0 aromatic heterocycles. The van der Waals surface area contributed by atoms with Gasteiger partial charge in [-0.05, 0) is 58.2 Å². The van der Waals surface area contributed by atoms with Gasteiger partial charge in [-0.1, -0.05) is 17.7 Å². The van der Waals surface area contributed by atoms with E-state index < -0.39 is 0 Å². The van der Waals surface area contributed by atoms with Gasteiger partial charge in [0.25, 0.3) is 0 Å². The molecule has 17 heavy (non-hydrogen) atoms. The van der Waals surface area contributed by atoms with Gasteiger partial charge in [-0.15, -0.1) is 0 Å². The third-order valence-corrected chi connectivity index (χ3v) is 2.80. The monoisotopic (exact) mass is 235 g/mol. The molecule has 0 heterocycles. The lowest BCUT2D eigenvalue weighted by Crippen LogP contribution is -2.27. The van der Waals surface area contributed by atoms with Crippen LogP contribution in [0.15, 0.2) is 12.1 Å². The number of aryl methyl sites for hydroxylation is 3. The van der Waals surface area contributed by atoms with Crippen LogP contribution in [-0.4, -0.2) is 12.2 Å². The predicted molar refractivity (Wildman–Crippen MR) is 73.3 cm³/mol. The molecule has 0 aliphatic rings. The zero-order valence-corrected chi connectivity index (χ0v) is 11.9. The maximum absolute atomic E-state index is 6.23. The zero-order chi connectivity index (χ0) is 13.2. The van der Waals surface area contributed by atoms with Gasteiger partial charge in [0.05, 0.1) is 18.2 Å². The van der Waals surface area contributed by atoms with Gasteiger partial charge in [0.15, 0.2) is 0 Å². The minimum absolute atomic E-state index is 0.0465. The second kappa shape index (κ2) is 5.19. The van der Waals surface area contributed by atoms with Crippen molar-refractivity contribution in [3.05, 3.63) is 34.4 Å². The SMILES string of the molecule is Cc1cc(C)c(C(N)COC(C)(C)C)c(C)c1. The molecule has 2 heteroatoms. The fourth-order valence-electron chi connectivity index (χ4n) is 2.20. The maximum atomic E-state index is 6.23. The minimum atomic E-state index is -0.135. The molecule has 0 saturated carbocycles. The molecule has 1 aromatic carbocycles. The zero-order valence-electron chi connectivity index (χ0n) is 11.9. The van der Waals surface area contributed by atoms with Gasteiger partial charge in [-0.2, -0.15) is 0 Å². The fraction of sp³-hybridized carbons (Fsp3) is 0.600. The van der Waals surface area contributed by atoms with Gasteiger partial charge in [0.2, 0.25) is 0 Å². The summed E-state index contributed by atoms with van der Waals surface area (Å²) in [4.78, 5) is 0. The molecular weight excluding hydrogens is 210 g/mol. The summed E-state index contributed by atoms with van der Waals surface area (Å²) in [6, 6.07) is 4.31. The Hall–Kier alpha value is -0.860. The van der Waals surface area contributed by atoms with Gasteiger partial charge < -0.3 is 10.5 Å². The first kappa shape index (κ1) is 14.2. The molecule has 0 aliphatic heterocycles. The fourth-order valence-corrected chi connectivity index (χ4v) is 2.20. The maximum Gasteiger partial charge on any atom is 0.0666 e. The molecule has 0 aliphatic carbocycles. The predicted octanol–water partition coefficient (Wildman–Crippen LogP) is 3.43. The lowest BCUT2D eigenvalue weighted by atomic mass is 9.95. The van der Waals surface area contributed by atoms with E-state index in [4.69, 9.17) is 10.5 Å². The normalized spacial score (nSPS) is 13.8. The largest absolute Gasteiger partial charge is 0.374 e. The molecular formula is C15H25NO. The van der Waals surface area contributed by atoms with Crippen molar-refractivity contribution >= 4 is 0 Å². The van der Waals surface area contributed by atoms with E-state index in [0.29, 0.717) is 6.61 Å². The van der Waals surface area contributed by atoms with Crippen molar-refractivity contribution in [2.24, 2.45) is 5.73 Å². The molecule has 0 radical (unpaired) electrons. The van der Waals surface area contributed by atoms with E-state index in [9.17, 15) is 0 Å². The van der Waals surface area contributed by atoms with Crippen LogP contribution in [0.3, 0.4) is 0 Å². The van der Waals surface area contributed by atoms with Gasteiger partial charge in [-0.25, -0.2) is 0 Å². The van der Waals surface area contributed by atoms with Crippen LogP contribution in [0.2, 0.25) is 0 Å². The van der Waals surface area contributed by atoms with Gasteiger partial charge >= 0.3 is 0 Å².